The van der Waals surface area contributed by atoms with E-state index in [4.69, 9.17) is 0 Å². The highest BCUT2D eigenvalue weighted by Gasteiger charge is 2.30. The Bertz CT molecular complexity index is 833. The third kappa shape index (κ3) is 1.87. The molecule has 0 saturated carbocycles. The number of para-hydroxylation sites is 1. The molecule has 1 heterocycles. The summed E-state index contributed by atoms with van der Waals surface area (Å²) in [7, 11) is 0. The van der Waals surface area contributed by atoms with Gasteiger partial charge in [-0.3, -0.25) is 4.79 Å². The molecule has 0 amide bonds. The molecule has 3 rings (SSSR count). The fraction of sp³-hybridized carbons (Fsp3) is 0.0714. The van der Waals surface area contributed by atoms with Gasteiger partial charge in [0, 0.05) is 16.3 Å². The molecule has 0 saturated heterocycles. The number of benzene rings is 2. The van der Waals surface area contributed by atoms with Crippen molar-refractivity contribution in [1.82, 2.24) is 4.98 Å². The Morgan fingerprint density at radius 2 is 1.63 bits per heavy atom. The van der Waals surface area contributed by atoms with E-state index in [-0.39, 0.29) is 10.9 Å². The van der Waals surface area contributed by atoms with Crippen molar-refractivity contribution in [2.45, 2.75) is 6.18 Å². The monoisotopic (exact) mass is 263 g/mol. The standard InChI is InChI=1S/C14H8F3NO/c15-14(16,17)8-5-6-10-11(7-8)9-3-1-2-4-12(9)18-13(10)19/h1-7H,(H,18,19). The molecule has 0 aliphatic rings. The zero-order valence-electron chi connectivity index (χ0n) is 9.58. The van der Waals surface area contributed by atoms with Crippen LogP contribution in [-0.4, -0.2) is 4.98 Å². The Hall–Kier alpha value is -2.30. The van der Waals surface area contributed by atoms with E-state index in [1.54, 1.807) is 24.3 Å². The molecule has 1 aromatic heterocycles. The van der Waals surface area contributed by atoms with Crippen molar-refractivity contribution in [3.05, 3.63) is 58.4 Å². The molecule has 3 aromatic rings. The van der Waals surface area contributed by atoms with Gasteiger partial charge in [0.1, 0.15) is 0 Å². The fourth-order valence-electron chi connectivity index (χ4n) is 2.16. The summed E-state index contributed by atoms with van der Waals surface area (Å²) < 4.78 is 38.2. The lowest BCUT2D eigenvalue weighted by Gasteiger charge is -2.09. The highest BCUT2D eigenvalue weighted by molar-refractivity contribution is 6.05. The van der Waals surface area contributed by atoms with E-state index >= 15 is 0 Å². The van der Waals surface area contributed by atoms with Crippen molar-refractivity contribution in [1.29, 1.82) is 0 Å². The summed E-state index contributed by atoms with van der Waals surface area (Å²) in [6.07, 6.45) is -4.42. The van der Waals surface area contributed by atoms with Crippen LogP contribution in [0.15, 0.2) is 47.3 Å². The van der Waals surface area contributed by atoms with Crippen LogP contribution >= 0.6 is 0 Å². The Labute approximate surface area is 105 Å². The Kier molecular flexibility index (Phi) is 2.38. The first-order chi connectivity index (χ1) is 8.97. The summed E-state index contributed by atoms with van der Waals surface area (Å²) in [6, 6.07) is 9.95. The van der Waals surface area contributed by atoms with Gasteiger partial charge in [0.05, 0.1) is 5.56 Å². The van der Waals surface area contributed by atoms with Crippen molar-refractivity contribution >= 4 is 21.7 Å². The van der Waals surface area contributed by atoms with Crippen molar-refractivity contribution < 1.29 is 13.2 Å². The lowest BCUT2D eigenvalue weighted by atomic mass is 10.0. The van der Waals surface area contributed by atoms with Gasteiger partial charge in [-0.2, -0.15) is 13.2 Å². The predicted molar refractivity (Wildman–Crippen MR) is 67.1 cm³/mol. The molecule has 2 nitrogen and oxygen atoms in total. The number of hydrogen-bond donors (Lipinski definition) is 1. The van der Waals surface area contributed by atoms with Crippen molar-refractivity contribution in [2.75, 3.05) is 0 Å². The van der Waals surface area contributed by atoms with E-state index in [2.05, 4.69) is 4.98 Å². The maximum atomic E-state index is 12.7. The van der Waals surface area contributed by atoms with E-state index in [9.17, 15) is 18.0 Å². The molecular formula is C14H8F3NO. The molecule has 2 aromatic carbocycles. The van der Waals surface area contributed by atoms with Gasteiger partial charge in [-0.15, -0.1) is 0 Å². The third-order valence-electron chi connectivity index (χ3n) is 3.06. The quantitative estimate of drug-likeness (QED) is 0.616. The van der Waals surface area contributed by atoms with Crippen LogP contribution in [0, 0.1) is 0 Å². The van der Waals surface area contributed by atoms with Crippen molar-refractivity contribution in [3.63, 3.8) is 0 Å². The Balaban J connectivity index is 2.49. The van der Waals surface area contributed by atoms with Gasteiger partial charge in [0.25, 0.3) is 5.56 Å². The molecule has 19 heavy (non-hydrogen) atoms. The van der Waals surface area contributed by atoms with Gasteiger partial charge >= 0.3 is 6.18 Å². The molecule has 1 N–H and O–H groups in total. The summed E-state index contributed by atoms with van der Waals surface area (Å²) in [5, 5.41) is 1.17. The smallest absolute Gasteiger partial charge is 0.321 e. The molecule has 96 valence electrons. The number of aromatic nitrogens is 1. The molecule has 5 heteroatoms. The number of pyridine rings is 1. The molecule has 0 unspecified atom stereocenters. The number of alkyl halides is 3. The van der Waals surface area contributed by atoms with Crippen LogP contribution in [0.2, 0.25) is 0 Å². The van der Waals surface area contributed by atoms with Gasteiger partial charge in [0.15, 0.2) is 0 Å². The van der Waals surface area contributed by atoms with E-state index in [0.717, 1.165) is 12.1 Å². The number of rotatable bonds is 0. The highest BCUT2D eigenvalue weighted by atomic mass is 19.4. The van der Waals surface area contributed by atoms with E-state index < -0.39 is 11.7 Å². The number of nitrogens with one attached hydrogen (secondary N) is 1. The first-order valence-corrected chi connectivity index (χ1v) is 5.59. The normalized spacial score (nSPS) is 12.2. The number of hydrogen-bond acceptors (Lipinski definition) is 1. The average Bonchev–Trinajstić information content (AvgIpc) is 2.37. The zero-order chi connectivity index (χ0) is 13.6. The average molecular weight is 263 g/mol. The van der Waals surface area contributed by atoms with E-state index in [1.165, 1.54) is 6.07 Å². The number of aromatic amines is 1. The molecule has 0 aliphatic heterocycles. The maximum Gasteiger partial charge on any atom is 0.416 e. The van der Waals surface area contributed by atoms with Crippen LogP contribution in [0.4, 0.5) is 13.2 Å². The largest absolute Gasteiger partial charge is 0.416 e. The lowest BCUT2D eigenvalue weighted by Crippen LogP contribution is -2.09. The van der Waals surface area contributed by atoms with Crippen LogP contribution < -0.4 is 5.56 Å². The SMILES string of the molecule is O=c1[nH]c2ccccc2c2cc(C(F)(F)F)ccc12. The topological polar surface area (TPSA) is 32.9 Å². The molecule has 0 radical (unpaired) electrons. The first kappa shape index (κ1) is 11.8. The number of fused-ring (bicyclic) bond motifs is 3. The second-order valence-corrected chi connectivity index (χ2v) is 4.26. The summed E-state index contributed by atoms with van der Waals surface area (Å²) in [6.45, 7) is 0. The number of halogens is 3. The second-order valence-electron chi connectivity index (χ2n) is 4.26. The predicted octanol–water partition coefficient (Wildman–Crippen LogP) is 3.70. The summed E-state index contributed by atoms with van der Waals surface area (Å²) in [5.41, 5.74) is -0.613. The van der Waals surface area contributed by atoms with E-state index in [1.807, 2.05) is 0 Å². The minimum absolute atomic E-state index is 0.256. The minimum Gasteiger partial charge on any atom is -0.321 e. The van der Waals surface area contributed by atoms with Gasteiger partial charge in [-0.1, -0.05) is 18.2 Å². The molecule has 0 spiro atoms. The molecular weight excluding hydrogens is 255 g/mol. The van der Waals surface area contributed by atoms with Gasteiger partial charge in [-0.25, -0.2) is 0 Å². The van der Waals surface area contributed by atoms with Gasteiger partial charge in [-0.05, 0) is 29.7 Å². The zero-order valence-corrected chi connectivity index (χ0v) is 9.58. The fourth-order valence-corrected chi connectivity index (χ4v) is 2.16. The molecule has 0 aliphatic carbocycles. The lowest BCUT2D eigenvalue weighted by molar-refractivity contribution is -0.137. The second kappa shape index (κ2) is 3.85. The Morgan fingerprint density at radius 3 is 2.37 bits per heavy atom. The Morgan fingerprint density at radius 1 is 0.895 bits per heavy atom. The van der Waals surface area contributed by atoms with Crippen LogP contribution in [0.5, 0.6) is 0 Å². The highest BCUT2D eigenvalue weighted by Crippen LogP contribution is 2.32. The van der Waals surface area contributed by atoms with Crippen LogP contribution in [0.1, 0.15) is 5.56 Å². The van der Waals surface area contributed by atoms with Crippen LogP contribution in [0.25, 0.3) is 21.7 Å². The molecule has 0 atom stereocenters. The third-order valence-corrected chi connectivity index (χ3v) is 3.06. The van der Waals surface area contributed by atoms with Crippen molar-refractivity contribution in [2.24, 2.45) is 0 Å². The van der Waals surface area contributed by atoms with Gasteiger partial charge in [0.2, 0.25) is 0 Å². The minimum atomic E-state index is -4.42. The van der Waals surface area contributed by atoms with Crippen LogP contribution in [-0.2, 0) is 6.18 Å². The van der Waals surface area contributed by atoms with Gasteiger partial charge < -0.3 is 4.98 Å². The van der Waals surface area contributed by atoms with Crippen LogP contribution in [0.3, 0.4) is 0 Å². The maximum absolute atomic E-state index is 12.7. The number of H-pyrrole nitrogens is 1. The summed E-state index contributed by atoms with van der Waals surface area (Å²) >= 11 is 0. The van der Waals surface area contributed by atoms with E-state index in [0.29, 0.717) is 16.3 Å². The molecule has 0 fully saturated rings. The summed E-state index contributed by atoms with van der Waals surface area (Å²) in [5.74, 6) is 0. The first-order valence-electron chi connectivity index (χ1n) is 5.59. The van der Waals surface area contributed by atoms with Crippen molar-refractivity contribution in [3.8, 4) is 0 Å². The summed E-state index contributed by atoms with van der Waals surface area (Å²) in [4.78, 5) is 14.5. The molecule has 0 bridgehead atoms.